The second-order valence-electron chi connectivity index (χ2n) is 5.65. The lowest BCUT2D eigenvalue weighted by atomic mass is 9.94. The van der Waals surface area contributed by atoms with Gasteiger partial charge in [-0.1, -0.05) is 54.1 Å². The summed E-state index contributed by atoms with van der Waals surface area (Å²) in [6.45, 7) is 0. The Kier molecular flexibility index (Phi) is 3.68. The second-order valence-corrected chi connectivity index (χ2v) is 6.08. The molecule has 0 aliphatic rings. The molecule has 1 aromatic heterocycles. The molecule has 3 aromatic carbocycles. The second kappa shape index (κ2) is 5.99. The highest BCUT2D eigenvalue weighted by molar-refractivity contribution is 6.30. The smallest absolute Gasteiger partial charge is 0.195 e. The molecule has 116 valence electrons. The molecule has 0 saturated carbocycles. The van der Waals surface area contributed by atoms with Crippen LogP contribution in [0.4, 0.5) is 0 Å². The third-order valence-electron chi connectivity index (χ3n) is 4.18. The minimum absolute atomic E-state index is 0.0177. The zero-order valence-corrected chi connectivity index (χ0v) is 13.5. The molecule has 1 heterocycles. The molecule has 0 fully saturated rings. The monoisotopic (exact) mass is 331 g/mol. The van der Waals surface area contributed by atoms with E-state index in [1.54, 1.807) is 30.5 Å². The molecular formula is C21H14ClNO. The maximum Gasteiger partial charge on any atom is 0.195 e. The van der Waals surface area contributed by atoms with Gasteiger partial charge in [-0.15, -0.1) is 0 Å². The highest BCUT2D eigenvalue weighted by Gasteiger charge is 2.17. The van der Waals surface area contributed by atoms with Crippen molar-refractivity contribution in [3.05, 3.63) is 95.3 Å². The number of aromatic amines is 1. The normalized spacial score (nSPS) is 10.9. The van der Waals surface area contributed by atoms with Gasteiger partial charge in [0.2, 0.25) is 0 Å². The molecule has 0 spiro atoms. The van der Waals surface area contributed by atoms with Crippen molar-refractivity contribution in [2.75, 3.05) is 0 Å². The van der Waals surface area contributed by atoms with Crippen molar-refractivity contribution in [1.29, 1.82) is 0 Å². The number of carbonyl (C=O) groups excluding carboxylic acids is 1. The molecule has 0 aliphatic carbocycles. The third kappa shape index (κ3) is 2.51. The summed E-state index contributed by atoms with van der Waals surface area (Å²) in [6, 6.07) is 21.3. The third-order valence-corrected chi connectivity index (χ3v) is 4.43. The summed E-state index contributed by atoms with van der Waals surface area (Å²) in [5, 5.41) is 2.90. The SMILES string of the molecule is O=C(c1ccc(Cl)cc1)c1c[nH]cc1-c1cccc2ccccc12. The van der Waals surface area contributed by atoms with Gasteiger partial charge in [-0.2, -0.15) is 0 Å². The van der Waals surface area contributed by atoms with Gasteiger partial charge in [-0.25, -0.2) is 0 Å². The fraction of sp³-hybridized carbons (Fsp3) is 0. The van der Waals surface area contributed by atoms with Crippen molar-refractivity contribution in [2.45, 2.75) is 0 Å². The molecule has 0 amide bonds. The van der Waals surface area contributed by atoms with Gasteiger partial charge in [0.1, 0.15) is 0 Å². The number of nitrogens with one attached hydrogen (secondary N) is 1. The Labute approximate surface area is 144 Å². The predicted octanol–water partition coefficient (Wildman–Crippen LogP) is 5.72. The highest BCUT2D eigenvalue weighted by Crippen LogP contribution is 2.32. The van der Waals surface area contributed by atoms with Crippen LogP contribution in [0.5, 0.6) is 0 Å². The summed E-state index contributed by atoms with van der Waals surface area (Å²) >= 11 is 5.92. The van der Waals surface area contributed by atoms with Crippen molar-refractivity contribution >= 4 is 28.2 Å². The zero-order chi connectivity index (χ0) is 16.5. The van der Waals surface area contributed by atoms with Gasteiger partial charge in [0, 0.05) is 34.1 Å². The van der Waals surface area contributed by atoms with Crippen molar-refractivity contribution in [3.8, 4) is 11.1 Å². The van der Waals surface area contributed by atoms with E-state index in [0.29, 0.717) is 16.1 Å². The van der Waals surface area contributed by atoms with Crippen LogP contribution in [0, 0.1) is 0 Å². The largest absolute Gasteiger partial charge is 0.366 e. The van der Waals surface area contributed by atoms with Crippen LogP contribution in [0.15, 0.2) is 79.1 Å². The zero-order valence-electron chi connectivity index (χ0n) is 12.8. The number of hydrogen-bond acceptors (Lipinski definition) is 1. The summed E-state index contributed by atoms with van der Waals surface area (Å²) in [5.74, 6) is -0.0177. The average molecular weight is 332 g/mol. The lowest BCUT2D eigenvalue weighted by Crippen LogP contribution is -2.01. The number of halogens is 1. The van der Waals surface area contributed by atoms with Gasteiger partial charge < -0.3 is 4.98 Å². The van der Waals surface area contributed by atoms with Crippen LogP contribution in [-0.2, 0) is 0 Å². The van der Waals surface area contributed by atoms with Crippen LogP contribution < -0.4 is 0 Å². The minimum atomic E-state index is -0.0177. The molecule has 2 nitrogen and oxygen atoms in total. The Hall–Kier alpha value is -2.84. The Balaban J connectivity index is 1.85. The molecule has 1 N–H and O–H groups in total. The van der Waals surface area contributed by atoms with Crippen molar-refractivity contribution < 1.29 is 4.79 Å². The summed E-state index contributed by atoms with van der Waals surface area (Å²) in [6.07, 6.45) is 3.64. The quantitative estimate of drug-likeness (QED) is 0.478. The molecule has 4 rings (SSSR count). The van der Waals surface area contributed by atoms with Gasteiger partial charge in [-0.3, -0.25) is 4.79 Å². The Bertz CT molecular complexity index is 1030. The van der Waals surface area contributed by atoms with Gasteiger partial charge >= 0.3 is 0 Å². The molecular weight excluding hydrogens is 318 g/mol. The van der Waals surface area contributed by atoms with E-state index in [1.165, 1.54) is 0 Å². The van der Waals surface area contributed by atoms with Crippen molar-refractivity contribution in [2.24, 2.45) is 0 Å². The van der Waals surface area contributed by atoms with Crippen molar-refractivity contribution in [3.63, 3.8) is 0 Å². The number of ketones is 1. The lowest BCUT2D eigenvalue weighted by molar-refractivity contribution is 0.103. The Morgan fingerprint density at radius 2 is 1.54 bits per heavy atom. The summed E-state index contributed by atoms with van der Waals surface area (Å²) in [4.78, 5) is 16.0. The maximum atomic E-state index is 12.9. The van der Waals surface area contributed by atoms with E-state index in [0.717, 1.165) is 21.9 Å². The summed E-state index contributed by atoms with van der Waals surface area (Å²) in [7, 11) is 0. The molecule has 0 bridgehead atoms. The Morgan fingerprint density at radius 1 is 0.792 bits per heavy atom. The first-order valence-electron chi connectivity index (χ1n) is 7.69. The first-order valence-corrected chi connectivity index (χ1v) is 8.07. The van der Waals surface area contributed by atoms with E-state index in [9.17, 15) is 4.79 Å². The van der Waals surface area contributed by atoms with Crippen LogP contribution in [0.25, 0.3) is 21.9 Å². The molecule has 0 saturated heterocycles. The number of benzene rings is 3. The molecule has 0 aliphatic heterocycles. The fourth-order valence-corrected chi connectivity index (χ4v) is 3.12. The van der Waals surface area contributed by atoms with Crippen LogP contribution in [0.1, 0.15) is 15.9 Å². The predicted molar refractivity (Wildman–Crippen MR) is 98.6 cm³/mol. The van der Waals surface area contributed by atoms with E-state index >= 15 is 0 Å². The molecule has 4 aromatic rings. The number of aromatic nitrogens is 1. The fourth-order valence-electron chi connectivity index (χ4n) is 2.99. The molecule has 0 atom stereocenters. The van der Waals surface area contributed by atoms with Crippen LogP contribution in [0.2, 0.25) is 5.02 Å². The molecule has 0 radical (unpaired) electrons. The van der Waals surface area contributed by atoms with Crippen LogP contribution >= 0.6 is 11.6 Å². The maximum absolute atomic E-state index is 12.9. The molecule has 24 heavy (non-hydrogen) atoms. The van der Waals surface area contributed by atoms with Gasteiger partial charge in [0.15, 0.2) is 5.78 Å². The minimum Gasteiger partial charge on any atom is -0.366 e. The number of carbonyl (C=O) groups is 1. The van der Waals surface area contributed by atoms with Gasteiger partial charge in [-0.05, 0) is 40.6 Å². The average Bonchev–Trinajstić information content (AvgIpc) is 3.11. The number of rotatable bonds is 3. The van der Waals surface area contributed by atoms with Gasteiger partial charge in [0.25, 0.3) is 0 Å². The highest BCUT2D eigenvalue weighted by atomic mass is 35.5. The first kappa shape index (κ1) is 14.7. The van der Waals surface area contributed by atoms with Gasteiger partial charge in [0.05, 0.1) is 0 Å². The number of fused-ring (bicyclic) bond motifs is 1. The number of hydrogen-bond donors (Lipinski definition) is 1. The van der Waals surface area contributed by atoms with E-state index in [1.807, 2.05) is 30.5 Å². The van der Waals surface area contributed by atoms with Crippen LogP contribution in [-0.4, -0.2) is 10.8 Å². The molecule has 0 unspecified atom stereocenters. The van der Waals surface area contributed by atoms with E-state index in [4.69, 9.17) is 11.6 Å². The molecule has 3 heteroatoms. The standard InChI is InChI=1S/C21H14ClNO/c22-16-10-8-15(9-11-16)21(24)20-13-23-12-19(20)18-7-3-5-14-4-1-2-6-17(14)18/h1-13,23H. The Morgan fingerprint density at radius 3 is 2.38 bits per heavy atom. The summed E-state index contributed by atoms with van der Waals surface area (Å²) in [5.41, 5.74) is 3.24. The van der Waals surface area contributed by atoms with E-state index in [-0.39, 0.29) is 5.78 Å². The lowest BCUT2D eigenvalue weighted by Gasteiger charge is -2.08. The first-order chi connectivity index (χ1) is 11.7. The van der Waals surface area contributed by atoms with Crippen molar-refractivity contribution in [1.82, 2.24) is 4.98 Å². The topological polar surface area (TPSA) is 32.9 Å². The number of H-pyrrole nitrogens is 1. The van der Waals surface area contributed by atoms with E-state index < -0.39 is 0 Å². The van der Waals surface area contributed by atoms with Crippen LogP contribution in [0.3, 0.4) is 0 Å². The van der Waals surface area contributed by atoms with E-state index in [2.05, 4.69) is 23.2 Å². The summed E-state index contributed by atoms with van der Waals surface area (Å²) < 4.78 is 0.